The van der Waals surface area contributed by atoms with Crippen molar-refractivity contribution < 1.29 is 14.3 Å². The van der Waals surface area contributed by atoms with Gasteiger partial charge in [-0.2, -0.15) is 0 Å². The summed E-state index contributed by atoms with van der Waals surface area (Å²) in [6.45, 7) is 5.88. The summed E-state index contributed by atoms with van der Waals surface area (Å²) in [4.78, 5) is 11.7. The van der Waals surface area contributed by atoms with Crippen LogP contribution in [0.15, 0.2) is 0 Å². The zero-order valence-electron chi connectivity index (χ0n) is 13.3. The number of rotatable bonds is 12. The number of methoxy groups -OCH3 is 1. The van der Waals surface area contributed by atoms with Crippen molar-refractivity contribution in [2.45, 2.75) is 70.9 Å². The fourth-order valence-electron chi connectivity index (χ4n) is 2.30. The lowest BCUT2D eigenvalue weighted by molar-refractivity contribution is -0.143. The van der Waals surface area contributed by atoms with Gasteiger partial charge in [0.25, 0.3) is 0 Å². The monoisotopic (exact) mass is 285 g/mol. The van der Waals surface area contributed by atoms with E-state index in [0.717, 1.165) is 6.61 Å². The minimum atomic E-state index is -0.205. The zero-order valence-corrected chi connectivity index (χ0v) is 13.3. The number of unbranched alkanes of at least 4 members (excludes halogenated alkanes) is 1. The molecule has 0 aromatic heterocycles. The predicted molar refractivity (Wildman–Crippen MR) is 80.7 cm³/mol. The van der Waals surface area contributed by atoms with Crippen LogP contribution < -0.4 is 5.32 Å². The van der Waals surface area contributed by atoms with Crippen LogP contribution in [0.2, 0.25) is 0 Å². The van der Waals surface area contributed by atoms with E-state index in [0.29, 0.717) is 25.0 Å². The molecular formula is C16H31NO3. The zero-order chi connectivity index (χ0) is 14.8. The molecule has 0 aromatic carbocycles. The van der Waals surface area contributed by atoms with Crippen LogP contribution >= 0.6 is 0 Å². The Kier molecular flexibility index (Phi) is 8.86. The van der Waals surface area contributed by atoms with E-state index >= 15 is 0 Å². The van der Waals surface area contributed by atoms with Gasteiger partial charge in [-0.1, -0.05) is 33.1 Å². The van der Waals surface area contributed by atoms with Crippen molar-refractivity contribution in [1.82, 2.24) is 5.32 Å². The third-order valence-electron chi connectivity index (χ3n) is 3.95. The topological polar surface area (TPSA) is 47.6 Å². The molecule has 0 amide bonds. The molecule has 1 aliphatic carbocycles. The normalized spacial score (nSPS) is 17.8. The number of nitrogens with one attached hydrogen (secondary N) is 1. The lowest BCUT2D eigenvalue weighted by Gasteiger charge is -2.18. The van der Waals surface area contributed by atoms with Crippen molar-refractivity contribution in [1.29, 1.82) is 0 Å². The second-order valence-electron chi connectivity index (χ2n) is 5.80. The molecule has 0 spiro atoms. The molecule has 2 unspecified atom stereocenters. The van der Waals surface area contributed by atoms with Crippen LogP contribution in [0.5, 0.6) is 0 Å². The molecule has 4 nitrogen and oxygen atoms in total. The SMILES string of the molecule is CCCCC(CC)COCCC(NC1CC1)C(=O)OC. The minimum Gasteiger partial charge on any atom is -0.468 e. The molecule has 0 aliphatic heterocycles. The molecule has 1 rings (SSSR count). The molecule has 1 fully saturated rings. The molecule has 0 aromatic rings. The summed E-state index contributed by atoms with van der Waals surface area (Å²) in [5, 5.41) is 3.32. The number of hydrogen-bond donors (Lipinski definition) is 1. The molecule has 20 heavy (non-hydrogen) atoms. The molecule has 0 saturated heterocycles. The molecule has 4 heteroatoms. The summed E-state index contributed by atoms with van der Waals surface area (Å²) in [6.07, 6.45) is 7.97. The number of hydrogen-bond acceptors (Lipinski definition) is 4. The highest BCUT2D eigenvalue weighted by atomic mass is 16.5. The van der Waals surface area contributed by atoms with Crippen molar-refractivity contribution in [2.75, 3.05) is 20.3 Å². The number of ether oxygens (including phenoxy) is 2. The van der Waals surface area contributed by atoms with E-state index in [1.807, 2.05) is 0 Å². The van der Waals surface area contributed by atoms with Gasteiger partial charge in [-0.25, -0.2) is 0 Å². The first kappa shape index (κ1) is 17.4. The lowest BCUT2D eigenvalue weighted by atomic mass is 10.0. The van der Waals surface area contributed by atoms with Crippen molar-refractivity contribution in [2.24, 2.45) is 5.92 Å². The number of carbonyl (C=O) groups excluding carboxylic acids is 1. The first-order valence-electron chi connectivity index (χ1n) is 8.12. The summed E-state index contributed by atoms with van der Waals surface area (Å²) in [5.74, 6) is 0.487. The van der Waals surface area contributed by atoms with Crippen LogP contribution in [0.4, 0.5) is 0 Å². The van der Waals surface area contributed by atoms with Crippen LogP contribution in [0, 0.1) is 5.92 Å². The van der Waals surface area contributed by atoms with Gasteiger partial charge in [0.1, 0.15) is 6.04 Å². The highest BCUT2D eigenvalue weighted by Crippen LogP contribution is 2.20. The maximum absolute atomic E-state index is 11.7. The fraction of sp³-hybridized carbons (Fsp3) is 0.938. The molecule has 0 bridgehead atoms. The van der Waals surface area contributed by atoms with Crippen LogP contribution in [0.25, 0.3) is 0 Å². The third kappa shape index (κ3) is 7.25. The summed E-state index contributed by atoms with van der Waals surface area (Å²) in [7, 11) is 1.45. The Bertz CT molecular complexity index is 266. The fourth-order valence-corrected chi connectivity index (χ4v) is 2.30. The van der Waals surface area contributed by atoms with E-state index in [9.17, 15) is 4.79 Å². The van der Waals surface area contributed by atoms with Gasteiger partial charge in [-0.05, 0) is 31.6 Å². The average molecular weight is 285 g/mol. The molecule has 2 atom stereocenters. The van der Waals surface area contributed by atoms with Gasteiger partial charge in [0.2, 0.25) is 0 Å². The standard InChI is InChI=1S/C16H31NO3/c1-4-6-7-13(5-2)12-20-11-10-15(16(18)19-3)17-14-8-9-14/h13-15,17H,4-12H2,1-3H3. The minimum absolute atomic E-state index is 0.168. The van der Waals surface area contributed by atoms with Crippen LogP contribution in [0.1, 0.15) is 58.8 Å². The van der Waals surface area contributed by atoms with E-state index < -0.39 is 0 Å². The summed E-state index contributed by atoms with van der Waals surface area (Å²) >= 11 is 0. The highest BCUT2D eigenvalue weighted by Gasteiger charge is 2.28. The van der Waals surface area contributed by atoms with Gasteiger partial charge >= 0.3 is 5.97 Å². The van der Waals surface area contributed by atoms with Gasteiger partial charge in [0.05, 0.1) is 7.11 Å². The number of carbonyl (C=O) groups is 1. The van der Waals surface area contributed by atoms with Gasteiger partial charge < -0.3 is 14.8 Å². The second kappa shape index (κ2) is 10.2. The summed E-state index contributed by atoms with van der Waals surface area (Å²) < 4.78 is 10.6. The summed E-state index contributed by atoms with van der Waals surface area (Å²) in [6, 6.07) is 0.301. The van der Waals surface area contributed by atoms with E-state index in [1.165, 1.54) is 45.6 Å². The Morgan fingerprint density at radius 2 is 2.05 bits per heavy atom. The molecule has 0 heterocycles. The third-order valence-corrected chi connectivity index (χ3v) is 3.95. The Morgan fingerprint density at radius 3 is 2.60 bits per heavy atom. The quantitative estimate of drug-likeness (QED) is 0.442. The van der Waals surface area contributed by atoms with Crippen molar-refractivity contribution >= 4 is 5.97 Å². The smallest absolute Gasteiger partial charge is 0.322 e. The molecule has 0 radical (unpaired) electrons. The Hall–Kier alpha value is -0.610. The highest BCUT2D eigenvalue weighted by molar-refractivity contribution is 5.75. The maximum atomic E-state index is 11.7. The van der Waals surface area contributed by atoms with Crippen molar-refractivity contribution in [3.63, 3.8) is 0 Å². The van der Waals surface area contributed by atoms with Crippen molar-refractivity contribution in [3.05, 3.63) is 0 Å². The molecular weight excluding hydrogens is 254 g/mol. The second-order valence-corrected chi connectivity index (χ2v) is 5.80. The first-order chi connectivity index (χ1) is 9.71. The molecule has 118 valence electrons. The largest absolute Gasteiger partial charge is 0.468 e. The Balaban J connectivity index is 2.16. The van der Waals surface area contributed by atoms with E-state index in [1.54, 1.807) is 0 Å². The lowest BCUT2D eigenvalue weighted by Crippen LogP contribution is -2.40. The van der Waals surface area contributed by atoms with Gasteiger partial charge in [0.15, 0.2) is 0 Å². The Morgan fingerprint density at radius 1 is 1.30 bits per heavy atom. The molecule has 1 aliphatic rings. The summed E-state index contributed by atoms with van der Waals surface area (Å²) in [5.41, 5.74) is 0. The number of esters is 1. The van der Waals surface area contributed by atoms with Gasteiger partial charge in [0, 0.05) is 19.3 Å². The molecule has 1 N–H and O–H groups in total. The predicted octanol–water partition coefficient (Wildman–Crippen LogP) is 2.90. The van der Waals surface area contributed by atoms with E-state index in [2.05, 4.69) is 19.2 Å². The van der Waals surface area contributed by atoms with Gasteiger partial charge in [-0.15, -0.1) is 0 Å². The van der Waals surface area contributed by atoms with Crippen LogP contribution in [0.3, 0.4) is 0 Å². The van der Waals surface area contributed by atoms with Crippen molar-refractivity contribution in [3.8, 4) is 0 Å². The average Bonchev–Trinajstić information content (AvgIpc) is 3.28. The van der Waals surface area contributed by atoms with Crippen LogP contribution in [-0.4, -0.2) is 38.4 Å². The van der Waals surface area contributed by atoms with E-state index in [-0.39, 0.29) is 12.0 Å². The molecule has 1 saturated carbocycles. The van der Waals surface area contributed by atoms with E-state index in [4.69, 9.17) is 9.47 Å². The maximum Gasteiger partial charge on any atom is 0.322 e. The Labute approximate surface area is 123 Å². The van der Waals surface area contributed by atoms with Gasteiger partial charge in [-0.3, -0.25) is 4.79 Å². The van der Waals surface area contributed by atoms with Crippen LogP contribution in [-0.2, 0) is 14.3 Å². The first-order valence-corrected chi connectivity index (χ1v) is 8.12.